The summed E-state index contributed by atoms with van der Waals surface area (Å²) in [5.41, 5.74) is 23.7. The van der Waals surface area contributed by atoms with Gasteiger partial charge in [-0.25, -0.2) is 15.0 Å². The lowest BCUT2D eigenvalue weighted by Gasteiger charge is -2.18. The van der Waals surface area contributed by atoms with Crippen molar-refractivity contribution in [1.82, 2.24) is 24.1 Å². The highest BCUT2D eigenvalue weighted by atomic mass is 15.1. The second-order valence-electron chi connectivity index (χ2n) is 24.5. The van der Waals surface area contributed by atoms with Gasteiger partial charge < -0.3 is 9.13 Å². The van der Waals surface area contributed by atoms with Crippen molar-refractivity contribution >= 4 is 43.6 Å². The van der Waals surface area contributed by atoms with Crippen molar-refractivity contribution in [3.8, 4) is 142 Å². The maximum atomic E-state index is 10.3. The molecule has 17 rings (SSSR count). The van der Waals surface area contributed by atoms with E-state index in [2.05, 4.69) is 246 Å². The van der Waals surface area contributed by atoms with Gasteiger partial charge in [0.05, 0.1) is 68.3 Å². The molecule has 3 heterocycles. The van der Waals surface area contributed by atoms with Gasteiger partial charge in [-0.3, -0.25) is 0 Å². The highest BCUT2D eigenvalue weighted by Gasteiger charge is 2.25. The van der Waals surface area contributed by atoms with E-state index >= 15 is 0 Å². The normalized spacial score (nSPS) is 11.2. The van der Waals surface area contributed by atoms with Gasteiger partial charge in [-0.15, -0.1) is 0 Å². The van der Waals surface area contributed by atoms with Crippen molar-refractivity contribution in [2.75, 3.05) is 0 Å². The fourth-order valence-corrected chi connectivity index (χ4v) is 13.8. The molecular formula is C90H54N8. The molecule has 8 heteroatoms. The number of hydrogen-bond acceptors (Lipinski definition) is 6. The topological polar surface area (TPSA) is 120 Å². The summed E-state index contributed by atoms with van der Waals surface area (Å²) in [5, 5.41) is 34.7. The summed E-state index contributed by atoms with van der Waals surface area (Å²) in [6, 6.07) is 120. The zero-order valence-corrected chi connectivity index (χ0v) is 52.8. The van der Waals surface area contributed by atoms with E-state index in [1.54, 1.807) is 0 Å². The van der Waals surface area contributed by atoms with Crippen molar-refractivity contribution in [3.05, 3.63) is 344 Å². The van der Waals surface area contributed by atoms with Crippen molar-refractivity contribution in [2.45, 2.75) is 0 Å². The quantitative estimate of drug-likeness (QED) is 0.120. The largest absolute Gasteiger partial charge is 0.308 e. The van der Waals surface area contributed by atoms with Crippen LogP contribution in [0.25, 0.3) is 167 Å². The van der Waals surface area contributed by atoms with E-state index in [1.807, 2.05) is 109 Å². The van der Waals surface area contributed by atoms with E-state index < -0.39 is 0 Å². The minimum Gasteiger partial charge on any atom is -0.308 e. The number of rotatable bonds is 12. The van der Waals surface area contributed by atoms with E-state index in [1.165, 1.54) is 0 Å². The van der Waals surface area contributed by atoms with Crippen molar-refractivity contribution < 1.29 is 0 Å². The van der Waals surface area contributed by atoms with Gasteiger partial charge >= 0.3 is 0 Å². The monoisotopic (exact) mass is 1250 g/mol. The Labute approximate surface area is 566 Å². The average Bonchev–Trinajstić information content (AvgIpc) is 1.55. The Kier molecular flexibility index (Phi) is 14.5. The number of aromatic nitrogens is 5. The maximum absolute atomic E-state index is 10.3. The Balaban J connectivity index is 0.954. The lowest BCUT2D eigenvalue weighted by molar-refractivity contribution is 1.06. The van der Waals surface area contributed by atoms with Crippen molar-refractivity contribution in [3.63, 3.8) is 0 Å². The summed E-state index contributed by atoms with van der Waals surface area (Å²) >= 11 is 0. The first-order valence-electron chi connectivity index (χ1n) is 32.5. The van der Waals surface area contributed by atoms with Crippen molar-refractivity contribution in [1.29, 1.82) is 15.8 Å². The zero-order valence-electron chi connectivity index (χ0n) is 52.8. The van der Waals surface area contributed by atoms with E-state index in [0.29, 0.717) is 34.2 Å². The average molecular weight is 1250 g/mol. The molecule has 0 saturated carbocycles. The molecule has 0 saturated heterocycles. The molecule has 0 aliphatic rings. The van der Waals surface area contributed by atoms with Crippen LogP contribution in [0.15, 0.2) is 328 Å². The fraction of sp³-hybridized carbons (Fsp3) is 0. The first-order valence-corrected chi connectivity index (χ1v) is 32.5. The van der Waals surface area contributed by atoms with Gasteiger partial charge in [-0.05, 0) is 187 Å². The van der Waals surface area contributed by atoms with Crippen LogP contribution >= 0.6 is 0 Å². The van der Waals surface area contributed by atoms with E-state index in [-0.39, 0.29) is 0 Å². The third kappa shape index (κ3) is 10.6. The Hall–Kier alpha value is -13.8. The number of fused-ring (bicyclic) bond motifs is 6. The molecule has 0 atom stereocenters. The predicted octanol–water partition coefficient (Wildman–Crippen LogP) is 22.4. The van der Waals surface area contributed by atoms with Gasteiger partial charge in [0.15, 0.2) is 17.5 Å². The summed E-state index contributed by atoms with van der Waals surface area (Å²) in [5.74, 6) is 1.30. The molecular weight excluding hydrogens is 1190 g/mol. The summed E-state index contributed by atoms with van der Waals surface area (Å²) in [6.07, 6.45) is 0. The second-order valence-corrected chi connectivity index (χ2v) is 24.5. The molecule has 454 valence electrons. The van der Waals surface area contributed by atoms with Crippen LogP contribution in [-0.2, 0) is 0 Å². The van der Waals surface area contributed by atoms with E-state index in [0.717, 1.165) is 150 Å². The zero-order chi connectivity index (χ0) is 65.6. The molecule has 3 aromatic heterocycles. The molecule has 17 aromatic rings. The molecule has 0 aliphatic carbocycles. The lowest BCUT2D eigenvalue weighted by atomic mass is 9.99. The number of hydrogen-bond donors (Lipinski definition) is 0. The van der Waals surface area contributed by atoms with Crippen molar-refractivity contribution in [2.24, 2.45) is 0 Å². The maximum Gasteiger partial charge on any atom is 0.166 e. The Morgan fingerprint density at radius 2 is 0.449 bits per heavy atom. The molecule has 0 N–H and O–H groups in total. The highest BCUT2D eigenvalue weighted by molar-refractivity contribution is 6.14. The molecule has 14 aromatic carbocycles. The highest BCUT2D eigenvalue weighted by Crippen LogP contribution is 2.45. The lowest BCUT2D eigenvalue weighted by Crippen LogP contribution is -2.06. The second kappa shape index (κ2) is 24.6. The Morgan fingerprint density at radius 3 is 0.776 bits per heavy atom. The van der Waals surface area contributed by atoms with Gasteiger partial charge in [-0.1, -0.05) is 218 Å². The van der Waals surface area contributed by atoms with E-state index in [9.17, 15) is 15.8 Å². The molecule has 0 unspecified atom stereocenters. The van der Waals surface area contributed by atoms with Crippen LogP contribution in [0.3, 0.4) is 0 Å². The molecule has 0 radical (unpaired) electrons. The van der Waals surface area contributed by atoms with Crippen LogP contribution in [-0.4, -0.2) is 24.1 Å². The van der Waals surface area contributed by atoms with E-state index in [4.69, 9.17) is 15.0 Å². The number of nitriles is 3. The molecule has 0 spiro atoms. The van der Waals surface area contributed by atoms with Crippen LogP contribution in [0, 0.1) is 34.0 Å². The first-order chi connectivity index (χ1) is 48.4. The molecule has 0 fully saturated rings. The Morgan fingerprint density at radius 1 is 0.204 bits per heavy atom. The first kappa shape index (κ1) is 58.0. The summed E-state index contributed by atoms with van der Waals surface area (Å²) in [7, 11) is 0. The van der Waals surface area contributed by atoms with Crippen LogP contribution in [0.4, 0.5) is 0 Å². The summed E-state index contributed by atoms with van der Waals surface area (Å²) < 4.78 is 4.69. The molecule has 0 aliphatic heterocycles. The minimum absolute atomic E-state index is 0.430. The van der Waals surface area contributed by atoms with Crippen LogP contribution in [0.2, 0.25) is 0 Å². The van der Waals surface area contributed by atoms with Gasteiger partial charge in [0.1, 0.15) is 0 Å². The van der Waals surface area contributed by atoms with Crippen LogP contribution < -0.4 is 0 Å². The summed E-state index contributed by atoms with van der Waals surface area (Å²) in [4.78, 5) is 16.9. The van der Waals surface area contributed by atoms with Gasteiger partial charge in [0, 0.05) is 38.2 Å². The molecule has 98 heavy (non-hydrogen) atoms. The standard InChI is InChI=1S/C90H54N8/c91-55-58-16-13-27-67(46-58)65-30-32-66(33-31-65)88-94-89(76-40-34-74(68-28-14-17-59(47-68)56-92)53-86(76)97-82-42-36-70(61-19-5-1-6-20-61)49-78(82)79-50-71(37-43-83(79)97)62-21-7-2-8-22-62)96-90(95-88)77-41-35-75(69-29-15-18-60(48-69)57-93)54-87(77)98-84-44-38-72(63-23-9-3-10-24-63)51-80(84)81-52-73(39-45-85(81)98)64-25-11-4-12-26-64/h1-54H. The molecule has 8 nitrogen and oxygen atoms in total. The minimum atomic E-state index is 0.430. The number of nitrogens with zero attached hydrogens (tertiary/aromatic N) is 8. The third-order valence-corrected chi connectivity index (χ3v) is 18.7. The molecule has 0 bridgehead atoms. The summed E-state index contributed by atoms with van der Waals surface area (Å²) in [6.45, 7) is 0. The Bertz CT molecular complexity index is 5610. The van der Waals surface area contributed by atoms with Crippen LogP contribution in [0.1, 0.15) is 16.7 Å². The van der Waals surface area contributed by atoms with Gasteiger partial charge in [0.25, 0.3) is 0 Å². The number of benzene rings is 14. The SMILES string of the molecule is N#Cc1cccc(-c2ccc(-c3nc(-c4ccc(-c5cccc(C#N)c5)cc4-n4c5ccc(-c6ccccc6)cc5c5cc(-c6ccccc6)ccc54)nc(-c4ccc(-c5cccc(C#N)c5)cc4-n4c5ccc(-c6ccccc6)cc5c5cc(-c6ccccc6)ccc54)n3)cc2)c1. The van der Waals surface area contributed by atoms with Gasteiger partial charge in [-0.2, -0.15) is 15.8 Å². The third-order valence-electron chi connectivity index (χ3n) is 18.7. The fourth-order valence-electron chi connectivity index (χ4n) is 13.8. The van der Waals surface area contributed by atoms with Gasteiger partial charge in [0.2, 0.25) is 0 Å². The molecule has 0 amide bonds. The smallest absolute Gasteiger partial charge is 0.166 e. The predicted molar refractivity (Wildman–Crippen MR) is 397 cm³/mol. The van der Waals surface area contributed by atoms with Crippen LogP contribution in [0.5, 0.6) is 0 Å².